The molecule has 8 heteroatoms. The second-order valence-electron chi connectivity index (χ2n) is 15.1. The van der Waals surface area contributed by atoms with Crippen LogP contribution in [0, 0.1) is 11.8 Å². The zero-order valence-corrected chi connectivity index (χ0v) is 34.4. The lowest BCUT2D eigenvalue weighted by Crippen LogP contribution is -2.26. The maximum atomic E-state index is 12.4. The van der Waals surface area contributed by atoms with Gasteiger partial charge in [0.2, 0.25) is 0 Å². The van der Waals surface area contributed by atoms with E-state index in [1.807, 2.05) is 64.1 Å². The van der Waals surface area contributed by atoms with Crippen molar-refractivity contribution in [3.63, 3.8) is 0 Å². The Hall–Kier alpha value is -5.24. The van der Waals surface area contributed by atoms with E-state index < -0.39 is 0 Å². The second-order valence-corrected chi connectivity index (χ2v) is 15.1. The molecule has 0 aliphatic heterocycles. The Morgan fingerprint density at radius 1 is 0.411 bits per heavy atom. The van der Waals surface area contributed by atoms with Gasteiger partial charge in [-0.3, -0.25) is 0 Å². The summed E-state index contributed by atoms with van der Waals surface area (Å²) >= 11 is 0. The molecule has 0 spiro atoms. The highest BCUT2D eigenvalue weighted by molar-refractivity contribution is 5.91. The highest BCUT2D eigenvalue weighted by Gasteiger charge is 2.22. The van der Waals surface area contributed by atoms with Gasteiger partial charge in [-0.2, -0.15) is 0 Å². The van der Waals surface area contributed by atoms with Crippen LogP contribution < -0.4 is 0 Å². The zero-order chi connectivity index (χ0) is 41.0. The average molecular weight is 765 g/mol. The molecule has 56 heavy (non-hydrogen) atoms. The fourth-order valence-electron chi connectivity index (χ4n) is 6.04. The molecule has 0 N–H and O–H groups in total. The van der Waals surface area contributed by atoms with E-state index in [2.05, 4.69) is 27.7 Å². The Morgan fingerprint density at radius 2 is 0.714 bits per heavy atom. The van der Waals surface area contributed by atoms with Gasteiger partial charge in [-0.25, -0.2) is 19.2 Å². The van der Waals surface area contributed by atoms with Gasteiger partial charge in [-0.05, 0) is 111 Å². The van der Waals surface area contributed by atoms with E-state index in [1.165, 1.54) is 11.1 Å². The van der Waals surface area contributed by atoms with Gasteiger partial charge < -0.3 is 18.9 Å². The summed E-state index contributed by atoms with van der Waals surface area (Å²) in [7, 11) is 0. The first-order chi connectivity index (χ1) is 26.8. The molecular weight excluding hydrogens is 705 g/mol. The minimum atomic E-state index is -0.362. The zero-order valence-electron chi connectivity index (χ0n) is 34.4. The molecule has 0 aliphatic carbocycles. The number of ether oxygens (including phenoxy) is 4. The van der Waals surface area contributed by atoms with Crippen LogP contribution in [0.4, 0.5) is 0 Å². The van der Waals surface area contributed by atoms with Gasteiger partial charge in [0, 0.05) is 12.8 Å². The van der Waals surface area contributed by atoms with Crippen LogP contribution >= 0.6 is 0 Å². The number of esters is 4. The normalized spacial score (nSPS) is 13.0. The molecule has 4 aromatic carbocycles. The van der Waals surface area contributed by atoms with Gasteiger partial charge in [0.05, 0.1) is 22.3 Å². The highest BCUT2D eigenvalue weighted by atomic mass is 16.6. The molecule has 4 atom stereocenters. The monoisotopic (exact) mass is 764 g/mol. The van der Waals surface area contributed by atoms with Crippen LogP contribution in [-0.2, 0) is 31.8 Å². The summed E-state index contributed by atoms with van der Waals surface area (Å²) in [6, 6.07) is 32.9. The van der Waals surface area contributed by atoms with Crippen molar-refractivity contribution >= 4 is 23.9 Å². The molecule has 0 fully saturated rings. The van der Waals surface area contributed by atoms with Crippen LogP contribution in [0.3, 0.4) is 0 Å². The number of rotatable bonds is 18. The Balaban J connectivity index is 0.000000307. The molecule has 0 aliphatic rings. The van der Waals surface area contributed by atoms with Gasteiger partial charge in [0.25, 0.3) is 0 Å². The summed E-state index contributed by atoms with van der Waals surface area (Å²) in [5, 5.41) is 0. The smallest absolute Gasteiger partial charge is 0.338 e. The molecule has 4 rings (SSSR count). The van der Waals surface area contributed by atoms with E-state index in [0.29, 0.717) is 59.8 Å². The number of hydrogen-bond donors (Lipinski definition) is 0. The van der Waals surface area contributed by atoms with Crippen molar-refractivity contribution in [1.82, 2.24) is 0 Å². The van der Waals surface area contributed by atoms with Gasteiger partial charge in [0.1, 0.15) is 24.4 Å². The fourth-order valence-corrected chi connectivity index (χ4v) is 6.04. The van der Waals surface area contributed by atoms with Crippen LogP contribution in [-0.4, -0.2) is 48.3 Å². The van der Waals surface area contributed by atoms with Crippen molar-refractivity contribution in [2.45, 2.75) is 118 Å². The lowest BCUT2D eigenvalue weighted by Gasteiger charge is -2.22. The van der Waals surface area contributed by atoms with Crippen molar-refractivity contribution in [3.8, 4) is 0 Å². The predicted molar refractivity (Wildman–Crippen MR) is 221 cm³/mol. The third-order valence-electron chi connectivity index (χ3n) is 8.95. The maximum Gasteiger partial charge on any atom is 0.338 e. The molecule has 4 unspecified atom stereocenters. The summed E-state index contributed by atoms with van der Waals surface area (Å²) in [6.45, 7) is 16.2. The third kappa shape index (κ3) is 16.2. The van der Waals surface area contributed by atoms with Crippen LogP contribution in [0.25, 0.3) is 0 Å². The standard InChI is InChI=1S/C27H36O4.C21H24O4/c1-18(2)15-22-7-11-24(12-8-22)26(28)30-20(5)17-21(6)31-27(29)25-13-9-23(10-14-25)16-19(3)4;1-3-18(24-20(22)16-11-7-5-8-12-16)15-19(4-2)25-21(23)17-13-9-6-10-14-17/h7-14,18-21H,15-17H2,1-6H3;5-14,18-19H,3-4,15H2,1-2H3. The molecule has 8 nitrogen and oxygen atoms in total. The number of benzene rings is 4. The van der Waals surface area contributed by atoms with Gasteiger partial charge in [-0.15, -0.1) is 0 Å². The summed E-state index contributed by atoms with van der Waals surface area (Å²) < 4.78 is 22.2. The van der Waals surface area contributed by atoms with Gasteiger partial charge in [0.15, 0.2) is 0 Å². The average Bonchev–Trinajstić information content (AvgIpc) is 3.18. The lowest BCUT2D eigenvalue weighted by atomic mass is 10.0. The van der Waals surface area contributed by atoms with Gasteiger partial charge in [-0.1, -0.05) is 102 Å². The lowest BCUT2D eigenvalue weighted by molar-refractivity contribution is -0.00221. The van der Waals surface area contributed by atoms with Crippen molar-refractivity contribution in [3.05, 3.63) is 143 Å². The molecule has 300 valence electrons. The Morgan fingerprint density at radius 3 is 1.02 bits per heavy atom. The summed E-state index contributed by atoms with van der Waals surface area (Å²) in [5.74, 6) is -0.279. The Bertz CT molecular complexity index is 1630. The van der Waals surface area contributed by atoms with E-state index in [4.69, 9.17) is 18.9 Å². The maximum absolute atomic E-state index is 12.4. The third-order valence-corrected chi connectivity index (χ3v) is 8.95. The van der Waals surface area contributed by atoms with Crippen molar-refractivity contribution in [2.24, 2.45) is 11.8 Å². The van der Waals surface area contributed by atoms with Gasteiger partial charge >= 0.3 is 23.9 Å². The first-order valence-corrected chi connectivity index (χ1v) is 19.9. The summed E-state index contributed by atoms with van der Waals surface area (Å²) in [5.41, 5.74) is 4.52. The van der Waals surface area contributed by atoms with Crippen molar-refractivity contribution in [2.75, 3.05) is 0 Å². The fraction of sp³-hybridized carbons (Fsp3) is 0.417. The van der Waals surface area contributed by atoms with Crippen LogP contribution in [0.5, 0.6) is 0 Å². The van der Waals surface area contributed by atoms with E-state index in [-0.39, 0.29) is 48.3 Å². The number of carbonyl (C=O) groups is 4. The van der Waals surface area contributed by atoms with Crippen LogP contribution in [0.1, 0.15) is 134 Å². The molecule has 0 saturated carbocycles. The summed E-state index contributed by atoms with van der Waals surface area (Å²) in [6.07, 6.45) is 2.92. The summed E-state index contributed by atoms with van der Waals surface area (Å²) in [4.78, 5) is 49.2. The number of hydrogen-bond acceptors (Lipinski definition) is 8. The Labute approximate surface area is 333 Å². The molecule has 0 bridgehead atoms. The molecular formula is C48H60O8. The highest BCUT2D eigenvalue weighted by Crippen LogP contribution is 2.18. The molecule has 4 aromatic rings. The first-order valence-electron chi connectivity index (χ1n) is 19.9. The predicted octanol–water partition coefficient (Wildman–Crippen LogP) is 10.9. The topological polar surface area (TPSA) is 105 Å². The molecule has 0 radical (unpaired) electrons. The Kier molecular flexibility index (Phi) is 19.1. The minimum Gasteiger partial charge on any atom is -0.459 e. The van der Waals surface area contributed by atoms with E-state index in [1.54, 1.807) is 72.8 Å². The van der Waals surface area contributed by atoms with E-state index in [0.717, 1.165) is 12.8 Å². The molecule has 0 aromatic heterocycles. The largest absolute Gasteiger partial charge is 0.459 e. The van der Waals surface area contributed by atoms with Crippen molar-refractivity contribution < 1.29 is 38.1 Å². The van der Waals surface area contributed by atoms with E-state index >= 15 is 0 Å². The number of carbonyl (C=O) groups excluding carboxylic acids is 4. The molecule has 0 heterocycles. The quantitative estimate of drug-likeness (QED) is 0.0728. The minimum absolute atomic E-state index is 0.291. The van der Waals surface area contributed by atoms with Crippen LogP contribution in [0.15, 0.2) is 109 Å². The molecule has 0 saturated heterocycles. The SMILES string of the molecule is CC(C)Cc1ccc(C(=O)OC(C)CC(C)OC(=O)c2ccc(CC(C)C)cc2)cc1.CCC(CC(CC)OC(=O)c1ccccc1)OC(=O)c1ccccc1. The molecule has 0 amide bonds. The second kappa shape index (κ2) is 23.6. The van der Waals surface area contributed by atoms with Crippen molar-refractivity contribution in [1.29, 1.82) is 0 Å². The first kappa shape index (κ1) is 45.2. The van der Waals surface area contributed by atoms with E-state index in [9.17, 15) is 19.2 Å². The van der Waals surface area contributed by atoms with Crippen LogP contribution in [0.2, 0.25) is 0 Å².